The van der Waals surface area contributed by atoms with Gasteiger partial charge in [0.05, 0.1) is 12.5 Å². The first-order valence-electron chi connectivity index (χ1n) is 7.56. The fourth-order valence-corrected chi connectivity index (χ4v) is 3.06. The van der Waals surface area contributed by atoms with Crippen LogP contribution in [0.1, 0.15) is 6.42 Å². The van der Waals surface area contributed by atoms with Gasteiger partial charge in [-0.05, 0) is 24.3 Å². The van der Waals surface area contributed by atoms with E-state index in [1.807, 2.05) is 0 Å². The van der Waals surface area contributed by atoms with Gasteiger partial charge in [0.2, 0.25) is 17.7 Å². The molecule has 2 heterocycles. The molecule has 2 N–H and O–H groups in total. The van der Waals surface area contributed by atoms with Crippen molar-refractivity contribution in [2.75, 3.05) is 23.3 Å². The number of benzene rings is 1. The van der Waals surface area contributed by atoms with Gasteiger partial charge < -0.3 is 15.5 Å². The topological polar surface area (TPSA) is 91.4 Å². The molecule has 1 aromatic heterocycles. The minimum absolute atomic E-state index is 0.0529. The molecule has 0 unspecified atom stereocenters. The number of carbonyl (C=O) groups is 3. The normalized spacial score (nSPS) is 16.8. The van der Waals surface area contributed by atoms with E-state index in [1.54, 1.807) is 11.6 Å². The van der Waals surface area contributed by atoms with Crippen molar-refractivity contribution in [3.05, 3.63) is 41.7 Å². The first-order chi connectivity index (χ1) is 12.0. The van der Waals surface area contributed by atoms with Crippen LogP contribution in [0.15, 0.2) is 35.8 Å². The second kappa shape index (κ2) is 7.39. The summed E-state index contributed by atoms with van der Waals surface area (Å²) in [5.74, 6) is -1.91. The molecule has 25 heavy (non-hydrogen) atoms. The van der Waals surface area contributed by atoms with Crippen LogP contribution >= 0.6 is 11.3 Å². The maximum Gasteiger partial charge on any atom is 0.245 e. The van der Waals surface area contributed by atoms with Crippen molar-refractivity contribution in [2.24, 2.45) is 5.92 Å². The number of hydrogen-bond acceptors (Lipinski definition) is 5. The van der Waals surface area contributed by atoms with Crippen molar-refractivity contribution < 1.29 is 18.8 Å². The Balaban J connectivity index is 1.52. The summed E-state index contributed by atoms with van der Waals surface area (Å²) in [6.45, 7) is 0.00402. The lowest BCUT2D eigenvalue weighted by Crippen LogP contribution is -2.37. The largest absolute Gasteiger partial charge is 0.347 e. The van der Waals surface area contributed by atoms with Gasteiger partial charge in [0.25, 0.3) is 0 Å². The van der Waals surface area contributed by atoms with Crippen LogP contribution in [0.3, 0.4) is 0 Å². The Morgan fingerprint density at radius 3 is 2.76 bits per heavy atom. The SMILES string of the molecule is O=C(CNC(=O)[C@H]1CC(=O)N(c2ccc(F)cc2)C1)Nc1nccs1. The van der Waals surface area contributed by atoms with Crippen LogP contribution in [0.4, 0.5) is 15.2 Å². The smallest absolute Gasteiger partial charge is 0.245 e. The molecule has 130 valence electrons. The highest BCUT2D eigenvalue weighted by atomic mass is 32.1. The Morgan fingerprint density at radius 2 is 2.08 bits per heavy atom. The van der Waals surface area contributed by atoms with E-state index in [0.29, 0.717) is 10.8 Å². The van der Waals surface area contributed by atoms with E-state index in [2.05, 4.69) is 15.6 Å². The number of nitrogens with one attached hydrogen (secondary N) is 2. The lowest BCUT2D eigenvalue weighted by atomic mass is 10.1. The minimum Gasteiger partial charge on any atom is -0.347 e. The Bertz CT molecular complexity index is 779. The molecule has 1 aliphatic rings. The lowest BCUT2D eigenvalue weighted by molar-refractivity contribution is -0.127. The third-order valence-corrected chi connectivity index (χ3v) is 4.42. The zero-order chi connectivity index (χ0) is 17.8. The van der Waals surface area contributed by atoms with Crippen LogP contribution in [0, 0.1) is 11.7 Å². The van der Waals surface area contributed by atoms with Crippen molar-refractivity contribution >= 4 is 39.9 Å². The standard InChI is InChI=1S/C16H15FN4O3S/c17-11-1-3-12(4-2-11)21-9-10(7-14(21)23)15(24)19-8-13(22)20-16-18-5-6-25-16/h1-6,10H,7-9H2,(H,19,24)(H,18,20,22)/t10-/m0/s1. The summed E-state index contributed by atoms with van der Waals surface area (Å²) >= 11 is 1.28. The number of carbonyl (C=O) groups excluding carboxylic acids is 3. The van der Waals surface area contributed by atoms with Gasteiger partial charge >= 0.3 is 0 Å². The van der Waals surface area contributed by atoms with Gasteiger partial charge in [-0.25, -0.2) is 9.37 Å². The van der Waals surface area contributed by atoms with Gasteiger partial charge in [-0.15, -0.1) is 11.3 Å². The van der Waals surface area contributed by atoms with Crippen molar-refractivity contribution in [1.29, 1.82) is 0 Å². The number of hydrogen-bond donors (Lipinski definition) is 2. The summed E-state index contributed by atoms with van der Waals surface area (Å²) in [4.78, 5) is 41.4. The van der Waals surface area contributed by atoms with E-state index >= 15 is 0 Å². The zero-order valence-electron chi connectivity index (χ0n) is 13.1. The molecule has 9 heteroatoms. The van der Waals surface area contributed by atoms with Gasteiger partial charge in [0.1, 0.15) is 5.82 Å². The fraction of sp³-hybridized carbons (Fsp3) is 0.250. The summed E-state index contributed by atoms with van der Waals surface area (Å²) in [5, 5.41) is 7.26. The molecule has 2 aromatic rings. The van der Waals surface area contributed by atoms with E-state index in [-0.39, 0.29) is 37.2 Å². The Labute approximate surface area is 146 Å². The van der Waals surface area contributed by atoms with Gasteiger partial charge in [-0.1, -0.05) is 0 Å². The molecule has 3 amide bonds. The molecule has 7 nitrogen and oxygen atoms in total. The molecule has 0 aliphatic carbocycles. The van der Waals surface area contributed by atoms with Crippen LogP contribution < -0.4 is 15.5 Å². The Kier molecular flexibility index (Phi) is 5.03. The summed E-state index contributed by atoms with van der Waals surface area (Å²) < 4.78 is 13.0. The van der Waals surface area contributed by atoms with Crippen molar-refractivity contribution in [1.82, 2.24) is 10.3 Å². The number of halogens is 1. The van der Waals surface area contributed by atoms with Gasteiger partial charge in [0, 0.05) is 30.2 Å². The second-order valence-corrected chi connectivity index (χ2v) is 6.38. The summed E-state index contributed by atoms with van der Waals surface area (Å²) in [6.07, 6.45) is 1.62. The third-order valence-electron chi connectivity index (χ3n) is 3.74. The predicted molar refractivity (Wildman–Crippen MR) is 90.6 cm³/mol. The van der Waals surface area contributed by atoms with Crippen LogP contribution in [-0.2, 0) is 14.4 Å². The Morgan fingerprint density at radius 1 is 1.32 bits per heavy atom. The zero-order valence-corrected chi connectivity index (χ0v) is 13.9. The summed E-state index contributed by atoms with van der Waals surface area (Å²) in [5.41, 5.74) is 0.545. The Hall–Kier alpha value is -2.81. The molecule has 3 rings (SSSR count). The van der Waals surface area contributed by atoms with E-state index in [1.165, 1.54) is 40.5 Å². The van der Waals surface area contributed by atoms with E-state index in [0.717, 1.165) is 0 Å². The highest BCUT2D eigenvalue weighted by Crippen LogP contribution is 2.25. The number of amides is 3. The highest BCUT2D eigenvalue weighted by molar-refractivity contribution is 7.13. The average molecular weight is 362 g/mol. The van der Waals surface area contributed by atoms with Crippen LogP contribution in [0.2, 0.25) is 0 Å². The molecule has 0 saturated carbocycles. The maximum atomic E-state index is 13.0. The van der Waals surface area contributed by atoms with Crippen molar-refractivity contribution in [3.63, 3.8) is 0 Å². The van der Waals surface area contributed by atoms with Gasteiger partial charge in [0.15, 0.2) is 5.13 Å². The molecule has 1 atom stereocenters. The van der Waals surface area contributed by atoms with Crippen LogP contribution in [0.25, 0.3) is 0 Å². The highest BCUT2D eigenvalue weighted by Gasteiger charge is 2.35. The average Bonchev–Trinajstić information content (AvgIpc) is 3.23. The summed E-state index contributed by atoms with van der Waals surface area (Å²) in [7, 11) is 0. The predicted octanol–water partition coefficient (Wildman–Crippen LogP) is 1.39. The molecule has 1 aliphatic heterocycles. The first kappa shape index (κ1) is 17.0. The molecule has 1 saturated heterocycles. The van der Waals surface area contributed by atoms with Crippen LogP contribution in [-0.4, -0.2) is 35.8 Å². The summed E-state index contributed by atoms with van der Waals surface area (Å²) in [6, 6.07) is 5.52. The quantitative estimate of drug-likeness (QED) is 0.841. The fourth-order valence-electron chi connectivity index (χ4n) is 2.51. The van der Waals surface area contributed by atoms with Gasteiger partial charge in [-0.3, -0.25) is 14.4 Å². The van der Waals surface area contributed by atoms with Gasteiger partial charge in [-0.2, -0.15) is 0 Å². The van der Waals surface area contributed by atoms with Crippen molar-refractivity contribution in [3.8, 4) is 0 Å². The number of aromatic nitrogens is 1. The maximum absolute atomic E-state index is 13.0. The number of rotatable bonds is 5. The van der Waals surface area contributed by atoms with Crippen molar-refractivity contribution in [2.45, 2.75) is 6.42 Å². The van der Waals surface area contributed by atoms with E-state index < -0.39 is 11.7 Å². The monoisotopic (exact) mass is 362 g/mol. The molecular weight excluding hydrogens is 347 g/mol. The molecule has 0 bridgehead atoms. The van der Waals surface area contributed by atoms with Crippen LogP contribution in [0.5, 0.6) is 0 Å². The third kappa shape index (κ3) is 4.18. The molecule has 1 aromatic carbocycles. The second-order valence-electron chi connectivity index (χ2n) is 5.49. The van der Waals surface area contributed by atoms with E-state index in [4.69, 9.17) is 0 Å². The lowest BCUT2D eigenvalue weighted by Gasteiger charge is -2.16. The first-order valence-corrected chi connectivity index (χ1v) is 8.44. The molecule has 1 fully saturated rings. The van der Waals surface area contributed by atoms with E-state index in [9.17, 15) is 18.8 Å². The number of thiazole rings is 1. The number of anilines is 2. The molecule has 0 radical (unpaired) electrons. The molecule has 0 spiro atoms. The molecular formula is C16H15FN4O3S. The number of nitrogens with zero attached hydrogens (tertiary/aromatic N) is 2. The minimum atomic E-state index is -0.551.